The molecule has 0 atom stereocenters. The van der Waals surface area contributed by atoms with Crippen LogP contribution in [0.25, 0.3) is 0 Å². The molecule has 2 N–H and O–H groups in total. The van der Waals surface area contributed by atoms with Crippen molar-refractivity contribution in [3.63, 3.8) is 0 Å². The quantitative estimate of drug-likeness (QED) is 0.780. The SMILES string of the molecule is CN(C)c1c(C(=O)O)cccc1C(=O)O. The minimum atomic E-state index is -1.14. The molecule has 1 aromatic carbocycles. The highest BCUT2D eigenvalue weighted by Gasteiger charge is 2.19. The minimum Gasteiger partial charge on any atom is -0.478 e. The monoisotopic (exact) mass is 209 g/mol. The fourth-order valence-electron chi connectivity index (χ4n) is 1.37. The van der Waals surface area contributed by atoms with E-state index < -0.39 is 11.9 Å². The minimum absolute atomic E-state index is 0.0140. The summed E-state index contributed by atoms with van der Waals surface area (Å²) >= 11 is 0. The molecule has 15 heavy (non-hydrogen) atoms. The van der Waals surface area contributed by atoms with Gasteiger partial charge in [-0.3, -0.25) is 0 Å². The molecule has 0 fully saturated rings. The van der Waals surface area contributed by atoms with Crippen LogP contribution in [-0.2, 0) is 0 Å². The van der Waals surface area contributed by atoms with Gasteiger partial charge in [0.25, 0.3) is 0 Å². The van der Waals surface area contributed by atoms with Crippen LogP contribution in [0, 0.1) is 0 Å². The first-order valence-electron chi connectivity index (χ1n) is 4.22. The number of carboxylic acid groups (broad SMARTS) is 2. The highest BCUT2D eigenvalue weighted by molar-refractivity contribution is 6.03. The highest BCUT2D eigenvalue weighted by atomic mass is 16.4. The summed E-state index contributed by atoms with van der Waals surface area (Å²) in [5.41, 5.74) is 0.178. The first kappa shape index (κ1) is 11.0. The third-order valence-electron chi connectivity index (χ3n) is 1.94. The van der Waals surface area contributed by atoms with Crippen LogP contribution in [0.2, 0.25) is 0 Å². The van der Waals surface area contributed by atoms with E-state index in [0.29, 0.717) is 0 Å². The Morgan fingerprint density at radius 2 is 1.47 bits per heavy atom. The van der Waals surface area contributed by atoms with Crippen molar-refractivity contribution in [3.05, 3.63) is 29.3 Å². The molecular formula is C10H11NO4. The summed E-state index contributed by atoms with van der Waals surface area (Å²) < 4.78 is 0. The lowest BCUT2D eigenvalue weighted by Gasteiger charge is -2.17. The number of carbonyl (C=O) groups is 2. The first-order valence-corrected chi connectivity index (χ1v) is 4.22. The third kappa shape index (κ3) is 2.07. The Labute approximate surface area is 86.6 Å². The van der Waals surface area contributed by atoms with Crippen molar-refractivity contribution in [2.24, 2.45) is 0 Å². The van der Waals surface area contributed by atoms with E-state index in [1.807, 2.05) is 0 Å². The number of rotatable bonds is 3. The molecule has 0 heterocycles. The Morgan fingerprint density at radius 1 is 1.07 bits per heavy atom. The Hall–Kier alpha value is -2.04. The number of carboxylic acids is 2. The fourth-order valence-corrected chi connectivity index (χ4v) is 1.37. The van der Waals surface area contributed by atoms with Crippen molar-refractivity contribution in [2.45, 2.75) is 0 Å². The number of aromatic carboxylic acids is 2. The molecule has 1 aromatic rings. The summed E-state index contributed by atoms with van der Waals surface area (Å²) in [6.45, 7) is 0. The van der Waals surface area contributed by atoms with Crippen molar-refractivity contribution in [3.8, 4) is 0 Å². The number of hydrogen-bond donors (Lipinski definition) is 2. The van der Waals surface area contributed by atoms with Gasteiger partial charge in [0.15, 0.2) is 0 Å². The maximum Gasteiger partial charge on any atom is 0.337 e. The van der Waals surface area contributed by atoms with Gasteiger partial charge >= 0.3 is 11.9 Å². The summed E-state index contributed by atoms with van der Waals surface area (Å²) in [6.07, 6.45) is 0. The normalized spacial score (nSPS) is 9.73. The number of benzene rings is 1. The maximum absolute atomic E-state index is 10.9. The lowest BCUT2D eigenvalue weighted by molar-refractivity contribution is 0.0696. The molecule has 0 amide bonds. The summed E-state index contributed by atoms with van der Waals surface area (Å²) in [4.78, 5) is 23.2. The van der Waals surface area contributed by atoms with E-state index in [4.69, 9.17) is 10.2 Å². The van der Waals surface area contributed by atoms with Gasteiger partial charge in [-0.2, -0.15) is 0 Å². The molecule has 0 bridgehead atoms. The number of hydrogen-bond acceptors (Lipinski definition) is 3. The van der Waals surface area contributed by atoms with Gasteiger partial charge in [0.05, 0.1) is 16.8 Å². The molecule has 0 aliphatic rings. The average Bonchev–Trinajstić information content (AvgIpc) is 2.16. The second kappa shape index (κ2) is 4.00. The van der Waals surface area contributed by atoms with Crippen LogP contribution in [0.15, 0.2) is 18.2 Å². The fraction of sp³-hybridized carbons (Fsp3) is 0.200. The summed E-state index contributed by atoms with van der Waals surface area (Å²) in [7, 11) is 3.21. The zero-order chi connectivity index (χ0) is 11.6. The number of para-hydroxylation sites is 1. The molecule has 0 aliphatic carbocycles. The van der Waals surface area contributed by atoms with Crippen molar-refractivity contribution in [1.29, 1.82) is 0 Å². The molecule has 0 saturated heterocycles. The highest BCUT2D eigenvalue weighted by Crippen LogP contribution is 2.23. The summed E-state index contributed by atoms with van der Waals surface area (Å²) in [6, 6.07) is 4.17. The van der Waals surface area contributed by atoms with Gasteiger partial charge in [-0.15, -0.1) is 0 Å². The van der Waals surface area contributed by atoms with Crippen molar-refractivity contribution >= 4 is 17.6 Å². The van der Waals surface area contributed by atoms with Gasteiger partial charge in [0.1, 0.15) is 0 Å². The van der Waals surface area contributed by atoms with E-state index in [0.717, 1.165) is 0 Å². The molecular weight excluding hydrogens is 198 g/mol. The molecule has 0 spiro atoms. The molecule has 5 heteroatoms. The predicted octanol–water partition coefficient (Wildman–Crippen LogP) is 1.15. The molecule has 0 unspecified atom stereocenters. The smallest absolute Gasteiger partial charge is 0.337 e. The molecule has 80 valence electrons. The maximum atomic E-state index is 10.9. The zero-order valence-corrected chi connectivity index (χ0v) is 8.39. The van der Waals surface area contributed by atoms with E-state index in [1.165, 1.54) is 23.1 Å². The van der Waals surface area contributed by atoms with Crippen molar-refractivity contribution < 1.29 is 19.8 Å². The lowest BCUT2D eigenvalue weighted by atomic mass is 10.1. The molecule has 5 nitrogen and oxygen atoms in total. The van der Waals surface area contributed by atoms with E-state index in [9.17, 15) is 9.59 Å². The van der Waals surface area contributed by atoms with Gasteiger partial charge in [-0.05, 0) is 12.1 Å². The van der Waals surface area contributed by atoms with E-state index in [2.05, 4.69) is 0 Å². The lowest BCUT2D eigenvalue weighted by Crippen LogP contribution is -2.18. The van der Waals surface area contributed by atoms with Crippen LogP contribution >= 0.6 is 0 Å². The van der Waals surface area contributed by atoms with Crippen molar-refractivity contribution in [1.82, 2.24) is 0 Å². The predicted molar refractivity (Wildman–Crippen MR) is 54.7 cm³/mol. The molecule has 0 aromatic heterocycles. The average molecular weight is 209 g/mol. The standard InChI is InChI=1S/C10H11NO4/c1-11(2)8-6(9(12)13)4-3-5-7(8)10(14)15/h3-5H,1-2H3,(H,12,13)(H,14,15). The molecule has 0 aliphatic heterocycles. The second-order valence-electron chi connectivity index (χ2n) is 3.21. The van der Waals surface area contributed by atoms with Gasteiger partial charge < -0.3 is 15.1 Å². The number of nitrogens with zero attached hydrogens (tertiary/aromatic N) is 1. The van der Waals surface area contributed by atoms with Crippen LogP contribution in [-0.4, -0.2) is 36.2 Å². The largest absolute Gasteiger partial charge is 0.478 e. The van der Waals surface area contributed by atoms with Gasteiger partial charge in [-0.1, -0.05) is 6.07 Å². The Bertz CT molecular complexity index is 380. The van der Waals surface area contributed by atoms with Crippen molar-refractivity contribution in [2.75, 3.05) is 19.0 Å². The van der Waals surface area contributed by atoms with Crippen LogP contribution < -0.4 is 4.90 Å². The van der Waals surface area contributed by atoms with Gasteiger partial charge in [-0.25, -0.2) is 9.59 Å². The summed E-state index contributed by atoms with van der Waals surface area (Å²) in [5.74, 6) is -2.27. The Kier molecular flexibility index (Phi) is 2.94. The van der Waals surface area contributed by atoms with Gasteiger partial charge in [0.2, 0.25) is 0 Å². The Morgan fingerprint density at radius 3 is 1.73 bits per heavy atom. The summed E-state index contributed by atoms with van der Waals surface area (Å²) in [5, 5.41) is 17.8. The van der Waals surface area contributed by atoms with Crippen LogP contribution in [0.4, 0.5) is 5.69 Å². The van der Waals surface area contributed by atoms with Crippen LogP contribution in [0.3, 0.4) is 0 Å². The number of anilines is 1. The molecule has 0 saturated carbocycles. The van der Waals surface area contributed by atoms with E-state index in [1.54, 1.807) is 14.1 Å². The van der Waals surface area contributed by atoms with E-state index >= 15 is 0 Å². The molecule has 0 radical (unpaired) electrons. The molecule has 1 rings (SSSR count). The van der Waals surface area contributed by atoms with Crippen LogP contribution in [0.5, 0.6) is 0 Å². The van der Waals surface area contributed by atoms with Crippen LogP contribution in [0.1, 0.15) is 20.7 Å². The third-order valence-corrected chi connectivity index (χ3v) is 1.94. The van der Waals surface area contributed by atoms with Gasteiger partial charge in [0, 0.05) is 14.1 Å². The second-order valence-corrected chi connectivity index (χ2v) is 3.21. The van der Waals surface area contributed by atoms with E-state index in [-0.39, 0.29) is 16.8 Å². The Balaban J connectivity index is 3.48. The zero-order valence-electron chi connectivity index (χ0n) is 8.39. The first-order chi connectivity index (χ1) is 6.95. The topological polar surface area (TPSA) is 77.8 Å².